The fourth-order valence-corrected chi connectivity index (χ4v) is 3.12. The first-order chi connectivity index (χ1) is 12.0. The van der Waals surface area contributed by atoms with Crippen molar-refractivity contribution in [2.45, 2.75) is 20.5 Å². The van der Waals surface area contributed by atoms with Crippen molar-refractivity contribution in [3.63, 3.8) is 0 Å². The van der Waals surface area contributed by atoms with Gasteiger partial charge in [0.15, 0.2) is 5.76 Å². The summed E-state index contributed by atoms with van der Waals surface area (Å²) in [6.07, 6.45) is 1.94. The van der Waals surface area contributed by atoms with Crippen molar-refractivity contribution in [1.29, 1.82) is 0 Å². The molecule has 3 heteroatoms. The van der Waals surface area contributed by atoms with Gasteiger partial charge >= 0.3 is 0 Å². The number of hydrogen-bond donors (Lipinski definition) is 0. The molecule has 0 aliphatic heterocycles. The Bertz CT molecular complexity index is 1080. The summed E-state index contributed by atoms with van der Waals surface area (Å²) in [7, 11) is 0. The fourth-order valence-electron chi connectivity index (χ4n) is 3.12. The van der Waals surface area contributed by atoms with Crippen LogP contribution in [0, 0.1) is 5.41 Å². The van der Waals surface area contributed by atoms with E-state index in [2.05, 4.69) is 0 Å². The van der Waals surface area contributed by atoms with E-state index in [1.54, 1.807) is 0 Å². The summed E-state index contributed by atoms with van der Waals surface area (Å²) in [6, 6.07) is 19.8. The van der Waals surface area contributed by atoms with Gasteiger partial charge < -0.3 is 4.74 Å². The fraction of sp³-hybridized carbons (Fsp3) is 0.182. The quantitative estimate of drug-likeness (QED) is 0.742. The smallest absolute Gasteiger partial charge is 0.207 e. The highest BCUT2D eigenvalue weighted by atomic mass is 16.5. The molecule has 1 heterocycles. The number of para-hydroxylation sites is 1. The normalized spacial score (nSPS) is 15.6. The van der Waals surface area contributed by atoms with Crippen LogP contribution in [0.15, 0.2) is 60.7 Å². The van der Waals surface area contributed by atoms with E-state index in [9.17, 15) is 4.79 Å². The third kappa shape index (κ3) is 2.82. The van der Waals surface area contributed by atoms with E-state index in [4.69, 9.17) is 9.72 Å². The zero-order valence-electron chi connectivity index (χ0n) is 14.3. The molecule has 2 aromatic carbocycles. The standard InChI is InChI=1S/C22H19NO2/c1-22(2)13-19-17(12-16-10-6-7-11-18(16)23-19)20(21(22)24)25-14-15-8-4-3-5-9-15/h3-13H,14H2,1-2H3. The van der Waals surface area contributed by atoms with Gasteiger partial charge in [0.05, 0.1) is 16.3 Å². The third-order valence-corrected chi connectivity index (χ3v) is 4.51. The SMILES string of the molecule is CC1(C)C=c2nc3ccccc3cc2=C(OCc2ccccc2)C1=O. The summed E-state index contributed by atoms with van der Waals surface area (Å²) in [6.45, 7) is 4.17. The van der Waals surface area contributed by atoms with Crippen LogP contribution in [-0.2, 0) is 16.1 Å². The Labute approximate surface area is 146 Å². The second kappa shape index (κ2) is 5.85. The highest BCUT2D eigenvalue weighted by Crippen LogP contribution is 2.26. The molecule has 0 bridgehead atoms. The Kier molecular flexibility index (Phi) is 3.65. The first-order valence-corrected chi connectivity index (χ1v) is 8.39. The summed E-state index contributed by atoms with van der Waals surface area (Å²) < 4.78 is 6.00. The Morgan fingerprint density at radius 2 is 1.72 bits per heavy atom. The lowest BCUT2D eigenvalue weighted by Gasteiger charge is -2.24. The van der Waals surface area contributed by atoms with E-state index >= 15 is 0 Å². The number of ether oxygens (including phenoxy) is 1. The number of carbonyl (C=O) groups is 1. The van der Waals surface area contributed by atoms with Crippen molar-refractivity contribution in [2.75, 3.05) is 0 Å². The highest BCUT2D eigenvalue weighted by molar-refractivity contribution is 6.18. The van der Waals surface area contributed by atoms with Crippen molar-refractivity contribution in [2.24, 2.45) is 5.41 Å². The van der Waals surface area contributed by atoms with Crippen LogP contribution >= 0.6 is 0 Å². The van der Waals surface area contributed by atoms with Crippen LogP contribution in [0.4, 0.5) is 0 Å². The molecule has 124 valence electrons. The van der Waals surface area contributed by atoms with E-state index in [0.29, 0.717) is 12.4 Å². The molecule has 0 amide bonds. The predicted molar refractivity (Wildman–Crippen MR) is 98.9 cm³/mol. The van der Waals surface area contributed by atoms with Crippen molar-refractivity contribution in [3.8, 4) is 0 Å². The second-order valence-corrected chi connectivity index (χ2v) is 6.91. The van der Waals surface area contributed by atoms with Crippen molar-refractivity contribution in [1.82, 2.24) is 4.98 Å². The van der Waals surface area contributed by atoms with Gasteiger partial charge in [-0.15, -0.1) is 0 Å². The number of fused-ring (bicyclic) bond motifs is 2. The van der Waals surface area contributed by atoms with Crippen LogP contribution in [-0.4, -0.2) is 10.8 Å². The molecule has 1 aliphatic carbocycles. The van der Waals surface area contributed by atoms with Gasteiger partial charge in [0.25, 0.3) is 0 Å². The van der Waals surface area contributed by atoms with E-state index in [-0.39, 0.29) is 5.78 Å². The molecular weight excluding hydrogens is 310 g/mol. The number of benzene rings is 2. The van der Waals surface area contributed by atoms with Crippen LogP contribution < -0.4 is 10.6 Å². The second-order valence-electron chi connectivity index (χ2n) is 6.91. The highest BCUT2D eigenvalue weighted by Gasteiger charge is 2.33. The monoisotopic (exact) mass is 329 g/mol. The number of aromatic nitrogens is 1. The molecular formula is C22H19NO2. The van der Waals surface area contributed by atoms with Gasteiger partial charge in [-0.3, -0.25) is 4.79 Å². The van der Waals surface area contributed by atoms with Gasteiger partial charge in [-0.05, 0) is 37.6 Å². The predicted octanol–water partition coefficient (Wildman–Crippen LogP) is 2.95. The number of carbonyl (C=O) groups excluding carboxylic acids is 1. The van der Waals surface area contributed by atoms with E-state index < -0.39 is 5.41 Å². The summed E-state index contributed by atoms with van der Waals surface area (Å²) in [4.78, 5) is 17.7. The van der Waals surface area contributed by atoms with E-state index in [1.165, 1.54) is 0 Å². The maximum absolute atomic E-state index is 12.9. The molecule has 3 aromatic rings. The van der Waals surface area contributed by atoms with Crippen molar-refractivity contribution >= 4 is 28.5 Å². The molecule has 0 N–H and O–H groups in total. The first kappa shape index (κ1) is 15.6. The molecule has 25 heavy (non-hydrogen) atoms. The Hall–Kier alpha value is -2.94. The Morgan fingerprint density at radius 1 is 1.00 bits per heavy atom. The van der Waals surface area contributed by atoms with Crippen LogP contribution in [0.2, 0.25) is 0 Å². The minimum absolute atomic E-state index is 0.00647. The number of pyridine rings is 1. The summed E-state index contributed by atoms with van der Waals surface area (Å²) in [5.74, 6) is 0.401. The number of nitrogens with zero attached hydrogens (tertiary/aromatic N) is 1. The van der Waals surface area contributed by atoms with Crippen LogP contribution in [0.1, 0.15) is 19.4 Å². The molecule has 0 saturated heterocycles. The summed E-state index contributed by atoms with van der Waals surface area (Å²) >= 11 is 0. The van der Waals surface area contributed by atoms with Crippen molar-refractivity contribution in [3.05, 3.63) is 76.8 Å². The molecule has 1 aromatic heterocycles. The van der Waals surface area contributed by atoms with E-state index in [0.717, 1.165) is 27.0 Å². The average molecular weight is 329 g/mol. The van der Waals surface area contributed by atoms with Crippen LogP contribution in [0.3, 0.4) is 0 Å². The maximum Gasteiger partial charge on any atom is 0.207 e. The topological polar surface area (TPSA) is 39.2 Å². The number of rotatable bonds is 3. The molecule has 0 saturated carbocycles. The number of hydrogen-bond acceptors (Lipinski definition) is 3. The molecule has 0 fully saturated rings. The summed E-state index contributed by atoms with van der Waals surface area (Å²) in [5, 5.41) is 2.59. The van der Waals surface area contributed by atoms with Gasteiger partial charge in [-0.2, -0.15) is 0 Å². The lowest BCUT2D eigenvalue weighted by Crippen LogP contribution is -2.43. The average Bonchev–Trinajstić information content (AvgIpc) is 2.61. The van der Waals surface area contributed by atoms with Gasteiger partial charge in [0.2, 0.25) is 5.78 Å². The minimum atomic E-state index is -0.630. The molecule has 0 unspecified atom stereocenters. The van der Waals surface area contributed by atoms with Gasteiger partial charge in [-0.25, -0.2) is 4.98 Å². The lowest BCUT2D eigenvalue weighted by molar-refractivity contribution is -0.121. The number of ketones is 1. The van der Waals surface area contributed by atoms with E-state index in [1.807, 2.05) is 80.6 Å². The maximum atomic E-state index is 12.9. The Balaban J connectivity index is 1.89. The number of Topliss-reactive ketones (excluding diaryl/α,β-unsaturated/α-hetero) is 1. The third-order valence-electron chi connectivity index (χ3n) is 4.51. The molecule has 0 spiro atoms. The Morgan fingerprint density at radius 3 is 2.52 bits per heavy atom. The minimum Gasteiger partial charge on any atom is -0.484 e. The first-order valence-electron chi connectivity index (χ1n) is 8.39. The van der Waals surface area contributed by atoms with Gasteiger partial charge in [0.1, 0.15) is 6.61 Å². The zero-order chi connectivity index (χ0) is 17.4. The molecule has 0 atom stereocenters. The largest absolute Gasteiger partial charge is 0.484 e. The van der Waals surface area contributed by atoms with Crippen molar-refractivity contribution < 1.29 is 9.53 Å². The van der Waals surface area contributed by atoms with Crippen LogP contribution in [0.5, 0.6) is 0 Å². The molecule has 1 aliphatic rings. The lowest BCUT2D eigenvalue weighted by atomic mass is 9.83. The summed E-state index contributed by atoms with van der Waals surface area (Å²) in [5.41, 5.74) is 1.32. The van der Waals surface area contributed by atoms with Gasteiger partial charge in [0, 0.05) is 10.6 Å². The molecule has 4 rings (SSSR count). The molecule has 0 radical (unpaired) electrons. The molecule has 3 nitrogen and oxygen atoms in total. The van der Waals surface area contributed by atoms with Gasteiger partial charge in [-0.1, -0.05) is 48.5 Å². The zero-order valence-corrected chi connectivity index (χ0v) is 14.3. The van der Waals surface area contributed by atoms with Crippen LogP contribution in [0.25, 0.3) is 22.7 Å².